The van der Waals surface area contributed by atoms with Crippen molar-refractivity contribution < 1.29 is 26.7 Å². The molecule has 2 aliphatic heterocycles. The highest BCUT2D eigenvalue weighted by molar-refractivity contribution is 7.88. The van der Waals surface area contributed by atoms with Crippen molar-refractivity contribution in [2.45, 2.75) is 31.2 Å². The molecular formula is C21H24F3N7O3S. The van der Waals surface area contributed by atoms with Gasteiger partial charge in [-0.15, -0.1) is 0 Å². The minimum absolute atomic E-state index is 0.185. The Kier molecular flexibility index (Phi) is 5.45. The zero-order valence-corrected chi connectivity index (χ0v) is 19.8. The summed E-state index contributed by atoms with van der Waals surface area (Å²) in [6.07, 6.45) is -1.32. The van der Waals surface area contributed by atoms with Gasteiger partial charge in [-0.25, -0.2) is 17.4 Å². The monoisotopic (exact) mass is 511 g/mol. The lowest BCUT2D eigenvalue weighted by atomic mass is 9.97. The van der Waals surface area contributed by atoms with Crippen LogP contribution in [0.5, 0.6) is 0 Å². The van der Waals surface area contributed by atoms with Crippen LogP contribution in [0.2, 0.25) is 0 Å². The molecule has 2 saturated heterocycles. The maximum Gasteiger partial charge on any atom is 0.416 e. The summed E-state index contributed by atoms with van der Waals surface area (Å²) < 4.78 is 66.3. The van der Waals surface area contributed by atoms with Crippen LogP contribution < -0.4 is 10.2 Å². The minimum Gasteiger partial charge on any atom is -0.386 e. The number of hydrogen-bond donors (Lipinski definition) is 2. The van der Waals surface area contributed by atoms with Crippen molar-refractivity contribution in [2.24, 2.45) is 0 Å². The number of alkyl halides is 3. The van der Waals surface area contributed by atoms with Crippen molar-refractivity contribution >= 4 is 32.8 Å². The third kappa shape index (κ3) is 4.65. The second kappa shape index (κ2) is 8.03. The van der Waals surface area contributed by atoms with Gasteiger partial charge in [0.15, 0.2) is 5.65 Å². The molecule has 4 heterocycles. The molecule has 1 atom stereocenters. The van der Waals surface area contributed by atoms with Crippen molar-refractivity contribution in [1.82, 2.24) is 24.1 Å². The Morgan fingerprint density at radius 1 is 1.23 bits per heavy atom. The summed E-state index contributed by atoms with van der Waals surface area (Å²) in [6.45, 7) is 2.95. The molecule has 0 amide bonds. The SMILES string of the molecule is CC1(O)CN(c2nc(N[C@H]3CCN(S(C)(=O)=O)C3)nc3c2cnn3-c2cccc(C(F)(F)F)c2)C1. The molecule has 5 rings (SSSR count). The van der Waals surface area contributed by atoms with Crippen LogP contribution in [0, 0.1) is 0 Å². The molecule has 0 bridgehead atoms. The number of aliphatic hydroxyl groups is 1. The van der Waals surface area contributed by atoms with Gasteiger partial charge in [-0.2, -0.15) is 28.2 Å². The second-order valence-corrected chi connectivity index (χ2v) is 11.3. The maximum absolute atomic E-state index is 13.3. The summed E-state index contributed by atoms with van der Waals surface area (Å²) in [5.74, 6) is 0.688. The van der Waals surface area contributed by atoms with Crippen LogP contribution in [0.25, 0.3) is 16.7 Å². The molecule has 14 heteroatoms. The van der Waals surface area contributed by atoms with E-state index in [1.807, 2.05) is 4.90 Å². The molecule has 0 radical (unpaired) electrons. The van der Waals surface area contributed by atoms with Gasteiger partial charge in [-0.1, -0.05) is 6.07 Å². The molecule has 188 valence electrons. The Bertz CT molecular complexity index is 1380. The van der Waals surface area contributed by atoms with Crippen molar-refractivity contribution in [1.29, 1.82) is 0 Å². The van der Waals surface area contributed by atoms with Crippen LogP contribution in [-0.4, -0.2) is 81.7 Å². The predicted octanol–water partition coefficient (Wildman–Crippen LogP) is 1.85. The minimum atomic E-state index is -4.51. The first-order valence-electron chi connectivity index (χ1n) is 10.9. The number of hydrogen-bond acceptors (Lipinski definition) is 8. The molecule has 2 N–H and O–H groups in total. The molecule has 0 unspecified atom stereocenters. The average molecular weight is 512 g/mol. The first-order chi connectivity index (χ1) is 16.3. The third-order valence-corrected chi connectivity index (χ3v) is 7.41. The first-order valence-corrected chi connectivity index (χ1v) is 12.8. The second-order valence-electron chi connectivity index (χ2n) is 9.32. The molecule has 0 aliphatic carbocycles. The molecule has 35 heavy (non-hydrogen) atoms. The molecule has 2 aliphatic rings. The van der Waals surface area contributed by atoms with Crippen LogP contribution in [0.4, 0.5) is 24.9 Å². The van der Waals surface area contributed by atoms with E-state index in [4.69, 9.17) is 0 Å². The van der Waals surface area contributed by atoms with E-state index in [2.05, 4.69) is 20.4 Å². The van der Waals surface area contributed by atoms with E-state index in [1.54, 1.807) is 6.92 Å². The van der Waals surface area contributed by atoms with Gasteiger partial charge in [0.25, 0.3) is 0 Å². The number of sulfonamides is 1. The van der Waals surface area contributed by atoms with E-state index in [0.29, 0.717) is 42.9 Å². The summed E-state index contributed by atoms with van der Waals surface area (Å²) >= 11 is 0. The number of rotatable bonds is 5. The maximum atomic E-state index is 13.3. The Morgan fingerprint density at radius 3 is 2.60 bits per heavy atom. The summed E-state index contributed by atoms with van der Waals surface area (Å²) in [6, 6.07) is 4.55. The molecule has 2 aromatic heterocycles. The average Bonchev–Trinajstić information content (AvgIpc) is 3.38. The van der Waals surface area contributed by atoms with Gasteiger partial charge in [0, 0.05) is 32.2 Å². The summed E-state index contributed by atoms with van der Waals surface area (Å²) in [5, 5.41) is 18.2. The van der Waals surface area contributed by atoms with Gasteiger partial charge >= 0.3 is 6.18 Å². The third-order valence-electron chi connectivity index (χ3n) is 6.14. The highest BCUT2D eigenvalue weighted by atomic mass is 32.2. The number of nitrogens with one attached hydrogen (secondary N) is 1. The number of nitrogens with zero attached hydrogens (tertiary/aromatic N) is 6. The van der Waals surface area contributed by atoms with Crippen LogP contribution in [0.15, 0.2) is 30.5 Å². The fraction of sp³-hybridized carbons (Fsp3) is 0.476. The van der Waals surface area contributed by atoms with Crippen molar-refractivity contribution in [3.05, 3.63) is 36.0 Å². The van der Waals surface area contributed by atoms with E-state index in [-0.39, 0.29) is 24.2 Å². The molecule has 2 fully saturated rings. The Hall–Kier alpha value is -2.97. The lowest BCUT2D eigenvalue weighted by Gasteiger charge is -2.45. The van der Waals surface area contributed by atoms with Gasteiger partial charge in [0.05, 0.1) is 34.7 Å². The van der Waals surface area contributed by atoms with Crippen LogP contribution in [-0.2, 0) is 16.2 Å². The highest BCUT2D eigenvalue weighted by Crippen LogP contribution is 2.34. The fourth-order valence-electron chi connectivity index (χ4n) is 4.46. The fourth-order valence-corrected chi connectivity index (χ4v) is 5.35. The predicted molar refractivity (Wildman–Crippen MR) is 123 cm³/mol. The largest absolute Gasteiger partial charge is 0.416 e. The topological polar surface area (TPSA) is 116 Å². The smallest absolute Gasteiger partial charge is 0.386 e. The normalized spacial score (nSPS) is 20.9. The van der Waals surface area contributed by atoms with E-state index in [0.717, 1.165) is 18.4 Å². The molecule has 0 spiro atoms. The van der Waals surface area contributed by atoms with Crippen LogP contribution >= 0.6 is 0 Å². The van der Waals surface area contributed by atoms with Gasteiger partial charge in [0.1, 0.15) is 5.82 Å². The molecule has 0 saturated carbocycles. The molecule has 1 aromatic carbocycles. The summed E-state index contributed by atoms with van der Waals surface area (Å²) in [4.78, 5) is 11.0. The van der Waals surface area contributed by atoms with Gasteiger partial charge in [-0.3, -0.25) is 0 Å². The number of β-amino-alcohol motifs (C(OH)–C–C–N with tert-alkyl or cyclic N) is 1. The van der Waals surface area contributed by atoms with E-state index in [9.17, 15) is 26.7 Å². The zero-order valence-electron chi connectivity index (χ0n) is 19.0. The number of anilines is 2. The highest BCUT2D eigenvalue weighted by Gasteiger charge is 2.39. The number of aromatic nitrogens is 4. The standard InChI is InChI=1S/C21H24F3N7O3S/c1-20(32)11-29(12-20)17-16-9-25-31(15-5-3-4-13(8-15)21(22,23)24)18(16)28-19(27-17)26-14-6-7-30(10-14)35(2,33)34/h3-5,8-9,14,32H,6-7,10-12H2,1-2H3,(H,26,27,28)/t14-/m0/s1. The lowest BCUT2D eigenvalue weighted by Crippen LogP contribution is -2.60. The van der Waals surface area contributed by atoms with Crippen molar-refractivity contribution in [3.63, 3.8) is 0 Å². The first kappa shape index (κ1) is 23.8. The van der Waals surface area contributed by atoms with E-state index >= 15 is 0 Å². The molecular weight excluding hydrogens is 487 g/mol. The van der Waals surface area contributed by atoms with Crippen LogP contribution in [0.1, 0.15) is 18.9 Å². The number of fused-ring (bicyclic) bond motifs is 1. The van der Waals surface area contributed by atoms with Gasteiger partial charge < -0.3 is 15.3 Å². The lowest BCUT2D eigenvalue weighted by molar-refractivity contribution is -0.137. The van der Waals surface area contributed by atoms with E-state index in [1.165, 1.54) is 27.3 Å². The zero-order chi connectivity index (χ0) is 25.2. The van der Waals surface area contributed by atoms with Crippen LogP contribution in [0.3, 0.4) is 0 Å². The summed E-state index contributed by atoms with van der Waals surface area (Å²) in [5.41, 5.74) is -1.22. The Balaban J connectivity index is 1.55. The Labute approximate surface area is 199 Å². The van der Waals surface area contributed by atoms with Crippen molar-refractivity contribution in [3.8, 4) is 5.69 Å². The number of halogens is 3. The molecule has 3 aromatic rings. The quantitative estimate of drug-likeness (QED) is 0.533. The Morgan fingerprint density at radius 2 is 1.97 bits per heavy atom. The summed E-state index contributed by atoms with van der Waals surface area (Å²) in [7, 11) is -3.33. The van der Waals surface area contributed by atoms with E-state index < -0.39 is 27.4 Å². The van der Waals surface area contributed by atoms with Gasteiger partial charge in [0.2, 0.25) is 16.0 Å². The van der Waals surface area contributed by atoms with Crippen molar-refractivity contribution in [2.75, 3.05) is 42.7 Å². The molecule has 10 nitrogen and oxygen atoms in total. The number of benzene rings is 1. The van der Waals surface area contributed by atoms with Gasteiger partial charge in [-0.05, 0) is 31.5 Å².